The molecule has 3 unspecified atom stereocenters. The second-order valence-electron chi connectivity index (χ2n) is 5.01. The number of hydrogen-bond donors (Lipinski definition) is 0. The minimum absolute atomic E-state index is 0.245. The van der Waals surface area contributed by atoms with E-state index >= 15 is 0 Å². The molecule has 2 aliphatic rings. The Bertz CT molecular complexity index is 197. The Labute approximate surface area is 128 Å². The summed E-state index contributed by atoms with van der Waals surface area (Å²) in [5.41, 5.74) is 0.839. The molecule has 0 aromatic heterocycles. The van der Waals surface area contributed by atoms with Gasteiger partial charge in [0.05, 0.1) is 0 Å². The summed E-state index contributed by atoms with van der Waals surface area (Å²) in [5, 5.41) is 0. The topological polar surface area (TPSA) is 0 Å². The fourth-order valence-corrected chi connectivity index (χ4v) is 17.4. The van der Waals surface area contributed by atoms with Gasteiger partial charge < -0.3 is 0 Å². The molecule has 1 saturated heterocycles. The average Bonchev–Trinajstić information content (AvgIpc) is 2.40. The third-order valence-corrected chi connectivity index (χ3v) is 18.4. The first-order valence-corrected chi connectivity index (χ1v) is 14.5. The van der Waals surface area contributed by atoms with Crippen molar-refractivity contribution in [3.05, 3.63) is 0 Å². The van der Waals surface area contributed by atoms with Crippen LogP contribution in [0.1, 0.15) is 51.4 Å². The number of rotatable bonds is 4. The van der Waals surface area contributed by atoms with Gasteiger partial charge in [0.1, 0.15) is 0 Å². The second-order valence-corrected chi connectivity index (χ2v) is 16.1. The molecule has 2 rings (SSSR count). The summed E-state index contributed by atoms with van der Waals surface area (Å²) in [6.45, 7) is 0. The molecule has 2 fully saturated rings. The molecule has 0 aromatic rings. The summed E-state index contributed by atoms with van der Waals surface area (Å²) in [7, 11) is -0.521. The van der Waals surface area contributed by atoms with Crippen molar-refractivity contribution in [2.75, 3.05) is 10.3 Å². The van der Waals surface area contributed by atoms with Crippen molar-refractivity contribution in [1.82, 2.24) is 0 Å². The van der Waals surface area contributed by atoms with Crippen LogP contribution in [0.4, 0.5) is 0 Å². The molecule has 0 N–H and O–H groups in total. The van der Waals surface area contributed by atoms with Crippen LogP contribution in [0.2, 0.25) is 0 Å². The van der Waals surface area contributed by atoms with Crippen molar-refractivity contribution < 1.29 is 21.2 Å². The van der Waals surface area contributed by atoms with Crippen LogP contribution in [0.25, 0.3) is 0 Å². The minimum atomic E-state index is -0.276. The molecule has 0 aromatic carbocycles. The first-order chi connectivity index (χ1) is 8.27. The molecule has 17 heavy (non-hydrogen) atoms. The molecule has 0 amide bonds. The first-order valence-electron chi connectivity index (χ1n) is 6.70. The van der Waals surface area contributed by atoms with E-state index in [-0.39, 0.29) is 14.5 Å². The van der Waals surface area contributed by atoms with E-state index in [0.717, 1.165) is 9.32 Å². The summed E-state index contributed by atoms with van der Waals surface area (Å²) in [5.74, 6) is 1.20. The number of alkyl halides is 2. The van der Waals surface area contributed by atoms with Crippen LogP contribution in [-0.4, -0.2) is 19.7 Å². The van der Waals surface area contributed by atoms with E-state index in [0.29, 0.717) is 21.2 Å². The Morgan fingerprint density at radius 3 is 2.24 bits per heavy atom. The van der Waals surface area contributed by atoms with E-state index in [2.05, 4.69) is 0 Å². The summed E-state index contributed by atoms with van der Waals surface area (Å²) >= 11 is 13.8. The molecule has 3 atom stereocenters. The van der Waals surface area contributed by atoms with Crippen LogP contribution >= 0.6 is 37.0 Å². The van der Waals surface area contributed by atoms with Gasteiger partial charge in [-0.05, 0) is 0 Å². The first kappa shape index (κ1) is 15.6. The number of hydrogen-bond acceptors (Lipinski definition) is 0. The Hall–Kier alpha value is 2.17. The summed E-state index contributed by atoms with van der Waals surface area (Å²) in [4.78, 5) is 0. The van der Waals surface area contributed by atoms with Crippen molar-refractivity contribution >= 4 is 37.0 Å². The van der Waals surface area contributed by atoms with Crippen molar-refractivity contribution in [3.8, 4) is 0 Å². The molecule has 0 bridgehead atoms. The summed E-state index contributed by atoms with van der Waals surface area (Å²) in [6, 6.07) is 0. The SMILES string of the molecule is ClP(CP(Cl)C1CCCC[I-]1)C1CCCCC1. The quantitative estimate of drug-likeness (QED) is 0.368. The zero-order valence-corrected chi connectivity index (χ0v) is 15.7. The third-order valence-electron chi connectivity index (χ3n) is 3.66. The molecule has 0 nitrogen and oxygen atoms in total. The van der Waals surface area contributed by atoms with Gasteiger partial charge in [0, 0.05) is 0 Å². The van der Waals surface area contributed by atoms with Crippen molar-refractivity contribution in [2.24, 2.45) is 0 Å². The van der Waals surface area contributed by atoms with Gasteiger partial charge in [-0.25, -0.2) is 0 Å². The molecule has 0 radical (unpaired) electrons. The van der Waals surface area contributed by atoms with Gasteiger partial charge in [-0.3, -0.25) is 0 Å². The molecule has 1 saturated carbocycles. The third kappa shape index (κ3) is 5.22. The maximum atomic E-state index is 6.70. The Kier molecular flexibility index (Phi) is 7.74. The Morgan fingerprint density at radius 2 is 1.59 bits per heavy atom. The monoisotopic (exact) mass is 425 g/mol. The normalized spacial score (nSPS) is 31.5. The van der Waals surface area contributed by atoms with Crippen LogP contribution < -0.4 is 21.2 Å². The predicted molar refractivity (Wildman–Crippen MR) is 79.8 cm³/mol. The second kappa shape index (κ2) is 8.46. The zero-order chi connectivity index (χ0) is 12.1. The summed E-state index contributed by atoms with van der Waals surface area (Å²) in [6.07, 6.45) is 11.3. The van der Waals surface area contributed by atoms with Gasteiger partial charge >= 0.3 is 129 Å². The van der Waals surface area contributed by atoms with Crippen LogP contribution in [0.3, 0.4) is 0 Å². The average molecular weight is 426 g/mol. The van der Waals surface area contributed by atoms with Crippen LogP contribution in [0, 0.1) is 0 Å². The van der Waals surface area contributed by atoms with Gasteiger partial charge in [-0.1, -0.05) is 0 Å². The van der Waals surface area contributed by atoms with Crippen molar-refractivity contribution in [1.29, 1.82) is 0 Å². The van der Waals surface area contributed by atoms with E-state index in [9.17, 15) is 0 Å². The van der Waals surface area contributed by atoms with Crippen LogP contribution in [0.15, 0.2) is 0 Å². The summed E-state index contributed by atoms with van der Waals surface area (Å²) < 4.78 is 2.45. The molecule has 1 heterocycles. The van der Waals surface area contributed by atoms with E-state index in [1.54, 1.807) is 0 Å². The number of halogens is 3. The molecule has 1 aliphatic carbocycles. The molecule has 0 spiro atoms. The van der Waals surface area contributed by atoms with Crippen molar-refractivity contribution in [2.45, 2.75) is 60.7 Å². The van der Waals surface area contributed by atoms with Crippen LogP contribution in [-0.2, 0) is 0 Å². The van der Waals surface area contributed by atoms with E-state index in [1.165, 1.54) is 61.7 Å². The maximum absolute atomic E-state index is 6.70. The molecular formula is C12H22Cl2IP2-. The fourth-order valence-electron chi connectivity index (χ4n) is 2.60. The van der Waals surface area contributed by atoms with Gasteiger partial charge in [0.2, 0.25) is 0 Å². The van der Waals surface area contributed by atoms with Crippen LogP contribution in [0.5, 0.6) is 0 Å². The van der Waals surface area contributed by atoms with Gasteiger partial charge in [-0.15, -0.1) is 0 Å². The Morgan fingerprint density at radius 1 is 0.882 bits per heavy atom. The van der Waals surface area contributed by atoms with E-state index in [4.69, 9.17) is 22.5 Å². The molecule has 5 heteroatoms. The van der Waals surface area contributed by atoms with E-state index in [1.807, 2.05) is 0 Å². The van der Waals surface area contributed by atoms with Crippen molar-refractivity contribution in [3.63, 3.8) is 0 Å². The van der Waals surface area contributed by atoms with Gasteiger partial charge in [0.15, 0.2) is 0 Å². The zero-order valence-electron chi connectivity index (χ0n) is 10.3. The Balaban J connectivity index is 1.74. The predicted octanol–water partition coefficient (Wildman–Crippen LogP) is 3.15. The van der Waals surface area contributed by atoms with Gasteiger partial charge in [-0.2, -0.15) is 0 Å². The fraction of sp³-hybridized carbons (Fsp3) is 1.00. The standard InChI is InChI=1S/C12H22Cl2IP2/c13-16(11-6-2-1-3-7-11)10-17(14)12-8-4-5-9-15-12/h11-12H,1-10H2/q-1. The van der Waals surface area contributed by atoms with Gasteiger partial charge in [0.25, 0.3) is 0 Å². The molecule has 1 aliphatic heterocycles. The van der Waals surface area contributed by atoms with E-state index < -0.39 is 0 Å². The molecular weight excluding hydrogens is 404 g/mol. The molecule has 102 valence electrons.